The molecule has 2 amide bonds. The number of aromatic nitrogens is 3. The molecule has 4 aromatic rings. The summed E-state index contributed by atoms with van der Waals surface area (Å²) in [6.07, 6.45) is 3.79. The van der Waals surface area contributed by atoms with Crippen LogP contribution in [0, 0.1) is 6.92 Å². The molecule has 1 saturated carbocycles. The number of anilines is 1. The first-order valence-electron chi connectivity index (χ1n) is 11.6. The number of rotatable bonds is 6. The van der Waals surface area contributed by atoms with Crippen LogP contribution in [0.2, 0.25) is 0 Å². The summed E-state index contributed by atoms with van der Waals surface area (Å²) < 4.78 is 3.13. The van der Waals surface area contributed by atoms with Crippen LogP contribution in [0.1, 0.15) is 46.1 Å². The third-order valence-electron chi connectivity index (χ3n) is 6.32. The molecule has 0 spiro atoms. The van der Waals surface area contributed by atoms with Crippen LogP contribution in [0.15, 0.2) is 66.9 Å². The van der Waals surface area contributed by atoms with Crippen molar-refractivity contribution in [3.05, 3.63) is 89.4 Å². The molecule has 1 aliphatic rings. The maximum Gasteiger partial charge on any atom is 0.342 e. The molecule has 3 N–H and O–H groups in total. The summed E-state index contributed by atoms with van der Waals surface area (Å²) >= 11 is 0. The van der Waals surface area contributed by atoms with Crippen molar-refractivity contribution in [1.29, 1.82) is 0 Å². The monoisotopic (exact) mass is 469 g/mol. The Hall–Kier alpha value is -4.33. The molecule has 178 valence electrons. The highest BCUT2D eigenvalue weighted by molar-refractivity contribution is 6.03. The number of aromatic hydroxyl groups is 1. The fourth-order valence-corrected chi connectivity index (χ4v) is 4.12. The van der Waals surface area contributed by atoms with Gasteiger partial charge in [-0.2, -0.15) is 9.78 Å². The van der Waals surface area contributed by atoms with Gasteiger partial charge >= 0.3 is 6.03 Å². The van der Waals surface area contributed by atoms with Gasteiger partial charge in [0, 0.05) is 37.0 Å². The molecule has 35 heavy (non-hydrogen) atoms. The molecule has 0 atom stereocenters. The molecule has 1 aliphatic carbocycles. The molecule has 2 aromatic heterocycles. The first-order valence-corrected chi connectivity index (χ1v) is 11.6. The zero-order chi connectivity index (χ0) is 24.5. The quantitative estimate of drug-likeness (QED) is 0.354. The summed E-state index contributed by atoms with van der Waals surface area (Å²) in [5.41, 5.74) is 4.93. The fourth-order valence-electron chi connectivity index (χ4n) is 4.12. The highest BCUT2D eigenvalue weighted by Crippen LogP contribution is 2.42. The molecule has 2 aromatic carbocycles. The Balaban J connectivity index is 1.40. The molecular weight excluding hydrogens is 442 g/mol. The van der Waals surface area contributed by atoms with Gasteiger partial charge in [0.1, 0.15) is 11.4 Å². The summed E-state index contributed by atoms with van der Waals surface area (Å²) in [6, 6.07) is 17.8. The van der Waals surface area contributed by atoms with Gasteiger partial charge in [0.2, 0.25) is 0 Å². The maximum atomic E-state index is 13.1. The van der Waals surface area contributed by atoms with E-state index in [1.807, 2.05) is 37.3 Å². The van der Waals surface area contributed by atoms with Crippen molar-refractivity contribution in [2.75, 3.05) is 5.32 Å². The van der Waals surface area contributed by atoms with Gasteiger partial charge in [0.25, 0.3) is 5.91 Å². The van der Waals surface area contributed by atoms with E-state index in [-0.39, 0.29) is 23.6 Å². The first kappa shape index (κ1) is 22.5. The van der Waals surface area contributed by atoms with E-state index in [0.29, 0.717) is 29.2 Å². The van der Waals surface area contributed by atoms with E-state index in [4.69, 9.17) is 0 Å². The smallest absolute Gasteiger partial charge is 0.342 e. The van der Waals surface area contributed by atoms with E-state index >= 15 is 0 Å². The number of phenols is 1. The van der Waals surface area contributed by atoms with Gasteiger partial charge in [-0.15, -0.1) is 0 Å². The minimum absolute atomic E-state index is 0.0224. The number of carbonyl (C=O) groups excluding carboxylic acids is 2. The maximum absolute atomic E-state index is 13.1. The zero-order valence-electron chi connectivity index (χ0n) is 19.7. The Labute approximate surface area is 203 Å². The SMILES string of the molecule is Cc1ccccc1CNC(=O)n1nc(-c2cc(NC(=O)c3cccn3C)ccc2O)cc1C1CC1. The standard InChI is InChI=1S/C27H27N5O3/c1-17-6-3-4-7-19(17)16-28-27(35)32-24(18-9-10-18)15-22(30-32)21-14-20(11-12-25(21)33)29-26(34)23-8-5-13-31(23)2/h3-8,11-15,18,33H,9-10,16H2,1-2H3,(H,28,35)(H,29,34). The molecule has 5 rings (SSSR count). The summed E-state index contributed by atoms with van der Waals surface area (Å²) in [7, 11) is 1.80. The fraction of sp³-hybridized carbons (Fsp3) is 0.222. The molecule has 8 heteroatoms. The van der Waals surface area contributed by atoms with Crippen LogP contribution < -0.4 is 10.6 Å². The summed E-state index contributed by atoms with van der Waals surface area (Å²) in [5.74, 6) is 0.0333. The Morgan fingerprint density at radius 3 is 2.60 bits per heavy atom. The van der Waals surface area contributed by atoms with Gasteiger partial charge < -0.3 is 20.3 Å². The predicted molar refractivity (Wildman–Crippen MR) is 133 cm³/mol. The van der Waals surface area contributed by atoms with Crippen LogP contribution in [0.4, 0.5) is 10.5 Å². The van der Waals surface area contributed by atoms with Crippen LogP contribution >= 0.6 is 0 Å². The number of hydrogen-bond donors (Lipinski definition) is 3. The lowest BCUT2D eigenvalue weighted by Crippen LogP contribution is -2.30. The molecule has 2 heterocycles. The zero-order valence-corrected chi connectivity index (χ0v) is 19.7. The van der Waals surface area contributed by atoms with Gasteiger partial charge in [-0.3, -0.25) is 4.79 Å². The van der Waals surface area contributed by atoms with Crippen molar-refractivity contribution in [1.82, 2.24) is 19.7 Å². The number of aryl methyl sites for hydroxylation is 2. The van der Waals surface area contributed by atoms with Crippen molar-refractivity contribution in [2.24, 2.45) is 7.05 Å². The Kier molecular flexibility index (Phi) is 5.86. The molecular formula is C27H27N5O3. The lowest BCUT2D eigenvalue weighted by Gasteiger charge is -2.10. The number of nitrogens with one attached hydrogen (secondary N) is 2. The van der Waals surface area contributed by atoms with E-state index in [1.165, 1.54) is 10.7 Å². The number of benzene rings is 2. The largest absolute Gasteiger partial charge is 0.507 e. The normalized spacial score (nSPS) is 13.0. The molecule has 0 bridgehead atoms. The predicted octanol–water partition coefficient (Wildman–Crippen LogP) is 4.79. The number of carbonyl (C=O) groups is 2. The van der Waals surface area contributed by atoms with E-state index < -0.39 is 0 Å². The summed E-state index contributed by atoms with van der Waals surface area (Å²) in [6.45, 7) is 2.41. The molecule has 8 nitrogen and oxygen atoms in total. The lowest BCUT2D eigenvalue weighted by molar-refractivity contribution is 0.101. The number of amides is 2. The average Bonchev–Trinajstić information content (AvgIpc) is 3.44. The second-order valence-corrected chi connectivity index (χ2v) is 8.92. The lowest BCUT2D eigenvalue weighted by atomic mass is 10.1. The molecule has 0 aliphatic heterocycles. The van der Waals surface area contributed by atoms with Crippen LogP contribution in [-0.2, 0) is 13.6 Å². The van der Waals surface area contributed by atoms with Crippen molar-refractivity contribution in [3.63, 3.8) is 0 Å². The Bertz CT molecular complexity index is 1410. The van der Waals surface area contributed by atoms with Crippen LogP contribution in [0.5, 0.6) is 5.75 Å². The van der Waals surface area contributed by atoms with Crippen LogP contribution in [0.3, 0.4) is 0 Å². The Morgan fingerprint density at radius 1 is 1.09 bits per heavy atom. The number of nitrogens with zero attached hydrogens (tertiary/aromatic N) is 3. The van der Waals surface area contributed by atoms with Crippen molar-refractivity contribution in [3.8, 4) is 17.0 Å². The molecule has 1 fully saturated rings. The first-order chi connectivity index (χ1) is 16.9. The minimum Gasteiger partial charge on any atom is -0.507 e. The van der Waals surface area contributed by atoms with Gasteiger partial charge in [0.15, 0.2) is 0 Å². The molecule has 0 unspecified atom stereocenters. The number of hydrogen-bond acceptors (Lipinski definition) is 4. The van der Waals surface area contributed by atoms with Gasteiger partial charge in [-0.25, -0.2) is 4.79 Å². The van der Waals surface area contributed by atoms with Gasteiger partial charge in [-0.05, 0) is 67.3 Å². The van der Waals surface area contributed by atoms with E-state index in [2.05, 4.69) is 15.7 Å². The summed E-state index contributed by atoms with van der Waals surface area (Å²) in [4.78, 5) is 25.7. The van der Waals surface area contributed by atoms with E-state index in [1.54, 1.807) is 42.1 Å². The van der Waals surface area contributed by atoms with Gasteiger partial charge in [0.05, 0.1) is 11.4 Å². The Morgan fingerprint density at radius 2 is 1.89 bits per heavy atom. The topological polar surface area (TPSA) is 101 Å². The van der Waals surface area contributed by atoms with Crippen LogP contribution in [0.25, 0.3) is 11.3 Å². The van der Waals surface area contributed by atoms with Crippen molar-refractivity contribution >= 4 is 17.6 Å². The highest BCUT2D eigenvalue weighted by atomic mass is 16.3. The highest BCUT2D eigenvalue weighted by Gasteiger charge is 2.31. The second kappa shape index (κ2) is 9.13. The average molecular weight is 470 g/mol. The summed E-state index contributed by atoms with van der Waals surface area (Å²) in [5, 5.41) is 20.9. The third-order valence-corrected chi connectivity index (χ3v) is 6.32. The van der Waals surface area contributed by atoms with Gasteiger partial charge in [-0.1, -0.05) is 24.3 Å². The molecule has 0 saturated heterocycles. The van der Waals surface area contributed by atoms with Crippen LogP contribution in [-0.4, -0.2) is 31.4 Å². The van der Waals surface area contributed by atoms with E-state index in [9.17, 15) is 14.7 Å². The van der Waals surface area contributed by atoms with Crippen molar-refractivity contribution < 1.29 is 14.7 Å². The number of phenolic OH excluding ortho intramolecular Hbond substituents is 1. The second-order valence-electron chi connectivity index (χ2n) is 8.92. The van der Waals surface area contributed by atoms with Crippen molar-refractivity contribution in [2.45, 2.75) is 32.2 Å². The third kappa shape index (κ3) is 4.68. The van der Waals surface area contributed by atoms with E-state index in [0.717, 1.165) is 29.7 Å². The minimum atomic E-state index is -0.311. The molecule has 0 radical (unpaired) electrons.